The van der Waals surface area contributed by atoms with Crippen LogP contribution in [0, 0.1) is 0 Å². The lowest BCUT2D eigenvalue weighted by Crippen LogP contribution is -2.51. The first-order chi connectivity index (χ1) is 6.90. The summed E-state index contributed by atoms with van der Waals surface area (Å²) in [6, 6.07) is 1.83. The summed E-state index contributed by atoms with van der Waals surface area (Å²) < 4.78 is 0. The number of aliphatic hydroxyl groups is 1. The van der Waals surface area contributed by atoms with Gasteiger partial charge in [0.15, 0.2) is 0 Å². The molecule has 0 aromatic carbocycles. The zero-order chi connectivity index (χ0) is 9.80. The maximum atomic E-state index is 9.03. The molecule has 1 saturated carbocycles. The Balaban J connectivity index is 1.79. The van der Waals surface area contributed by atoms with Crippen molar-refractivity contribution in [3.8, 4) is 0 Å². The summed E-state index contributed by atoms with van der Waals surface area (Å²) in [6.07, 6.45) is 7.47. The third-order valence-corrected chi connectivity index (χ3v) is 3.30. The van der Waals surface area contributed by atoms with E-state index in [1.807, 2.05) is 0 Å². The Hall–Kier alpha value is -0.120. The predicted molar refractivity (Wildman–Crippen MR) is 57.3 cm³/mol. The van der Waals surface area contributed by atoms with Crippen molar-refractivity contribution in [1.82, 2.24) is 10.6 Å². The monoisotopic (exact) mass is 198 g/mol. The van der Waals surface area contributed by atoms with E-state index in [2.05, 4.69) is 10.6 Å². The zero-order valence-corrected chi connectivity index (χ0v) is 8.84. The van der Waals surface area contributed by atoms with Gasteiger partial charge in [-0.3, -0.25) is 0 Å². The molecule has 14 heavy (non-hydrogen) atoms. The average molecular weight is 198 g/mol. The Labute approximate surface area is 86.3 Å². The summed E-state index contributed by atoms with van der Waals surface area (Å²) in [6.45, 7) is 1.46. The molecule has 0 radical (unpaired) electrons. The number of rotatable bonds is 5. The Morgan fingerprint density at radius 1 is 1.29 bits per heavy atom. The first-order valence-electron chi connectivity index (χ1n) is 6.00. The molecule has 3 heteroatoms. The van der Waals surface area contributed by atoms with Gasteiger partial charge in [-0.2, -0.15) is 0 Å². The lowest BCUT2D eigenvalue weighted by Gasteiger charge is -2.32. The highest BCUT2D eigenvalue weighted by Crippen LogP contribution is 2.22. The summed E-state index contributed by atoms with van der Waals surface area (Å²) >= 11 is 0. The lowest BCUT2D eigenvalue weighted by atomic mass is 9.96. The molecule has 0 bridgehead atoms. The number of hydrogen-bond donors (Lipinski definition) is 3. The molecule has 82 valence electrons. The highest BCUT2D eigenvalue weighted by Gasteiger charge is 2.29. The fraction of sp³-hybridized carbons (Fsp3) is 1.00. The Morgan fingerprint density at radius 2 is 2.14 bits per heavy atom. The van der Waals surface area contributed by atoms with E-state index in [0.29, 0.717) is 18.7 Å². The molecule has 0 aromatic rings. The fourth-order valence-corrected chi connectivity index (χ4v) is 2.31. The van der Waals surface area contributed by atoms with Crippen molar-refractivity contribution in [2.75, 3.05) is 13.2 Å². The third kappa shape index (κ3) is 2.94. The Kier molecular flexibility index (Phi) is 3.79. The van der Waals surface area contributed by atoms with Crippen molar-refractivity contribution in [1.29, 1.82) is 0 Å². The highest BCUT2D eigenvalue weighted by atomic mass is 16.3. The van der Waals surface area contributed by atoms with E-state index >= 15 is 0 Å². The molecular formula is C11H22N2O. The minimum absolute atomic E-state index is 0.308. The molecule has 1 aliphatic heterocycles. The van der Waals surface area contributed by atoms with E-state index in [9.17, 15) is 0 Å². The van der Waals surface area contributed by atoms with Crippen LogP contribution in [0.25, 0.3) is 0 Å². The first kappa shape index (κ1) is 10.4. The SMILES string of the molecule is OCCC(NC1CC1)C1CCCCN1. The van der Waals surface area contributed by atoms with Gasteiger partial charge in [0.05, 0.1) is 0 Å². The van der Waals surface area contributed by atoms with Crippen LogP contribution in [0.1, 0.15) is 38.5 Å². The van der Waals surface area contributed by atoms with Gasteiger partial charge in [-0.05, 0) is 38.6 Å². The van der Waals surface area contributed by atoms with Crippen LogP contribution in [0.15, 0.2) is 0 Å². The van der Waals surface area contributed by atoms with Crippen molar-refractivity contribution in [3.63, 3.8) is 0 Å². The van der Waals surface area contributed by atoms with Gasteiger partial charge in [0.25, 0.3) is 0 Å². The van der Waals surface area contributed by atoms with Crippen molar-refractivity contribution >= 4 is 0 Å². The van der Waals surface area contributed by atoms with Gasteiger partial charge < -0.3 is 15.7 Å². The molecule has 3 nitrogen and oxygen atoms in total. The first-order valence-corrected chi connectivity index (χ1v) is 6.00. The quantitative estimate of drug-likeness (QED) is 0.607. The van der Waals surface area contributed by atoms with Gasteiger partial charge in [-0.25, -0.2) is 0 Å². The molecule has 2 aliphatic rings. The second-order valence-corrected chi connectivity index (χ2v) is 4.62. The summed E-state index contributed by atoms with van der Waals surface area (Å²) in [7, 11) is 0. The van der Waals surface area contributed by atoms with Crippen molar-refractivity contribution < 1.29 is 5.11 Å². The molecule has 1 saturated heterocycles. The summed E-state index contributed by atoms with van der Waals surface area (Å²) in [4.78, 5) is 0. The van der Waals surface area contributed by atoms with E-state index < -0.39 is 0 Å². The van der Waals surface area contributed by atoms with E-state index in [4.69, 9.17) is 5.11 Å². The third-order valence-electron chi connectivity index (χ3n) is 3.30. The van der Waals surface area contributed by atoms with Gasteiger partial charge in [-0.1, -0.05) is 6.42 Å². The molecule has 2 unspecified atom stereocenters. The van der Waals surface area contributed by atoms with Gasteiger partial charge in [-0.15, -0.1) is 0 Å². The molecule has 0 aromatic heterocycles. The molecular weight excluding hydrogens is 176 g/mol. The van der Waals surface area contributed by atoms with E-state index in [1.165, 1.54) is 32.1 Å². The van der Waals surface area contributed by atoms with E-state index in [-0.39, 0.29) is 0 Å². The van der Waals surface area contributed by atoms with E-state index in [1.54, 1.807) is 0 Å². The maximum absolute atomic E-state index is 9.03. The second-order valence-electron chi connectivity index (χ2n) is 4.62. The molecule has 1 aliphatic carbocycles. The van der Waals surface area contributed by atoms with Gasteiger partial charge >= 0.3 is 0 Å². The largest absolute Gasteiger partial charge is 0.396 e. The maximum Gasteiger partial charge on any atom is 0.0446 e. The molecule has 2 rings (SSSR count). The van der Waals surface area contributed by atoms with Crippen molar-refractivity contribution in [3.05, 3.63) is 0 Å². The van der Waals surface area contributed by atoms with E-state index in [0.717, 1.165) is 19.0 Å². The Morgan fingerprint density at radius 3 is 2.71 bits per heavy atom. The van der Waals surface area contributed by atoms with Crippen LogP contribution in [0.2, 0.25) is 0 Å². The number of aliphatic hydroxyl groups excluding tert-OH is 1. The van der Waals surface area contributed by atoms with Crippen LogP contribution >= 0.6 is 0 Å². The number of hydrogen-bond acceptors (Lipinski definition) is 3. The number of piperidine rings is 1. The average Bonchev–Trinajstić information content (AvgIpc) is 3.03. The van der Waals surface area contributed by atoms with Gasteiger partial charge in [0.2, 0.25) is 0 Å². The predicted octanol–water partition coefficient (Wildman–Crippen LogP) is 0.631. The Bertz CT molecular complexity index is 165. The summed E-state index contributed by atoms with van der Waals surface area (Å²) in [5, 5.41) is 16.2. The standard InChI is InChI=1S/C11H22N2O/c14-8-6-11(13-9-4-5-9)10-3-1-2-7-12-10/h9-14H,1-8H2. The van der Waals surface area contributed by atoms with Crippen molar-refractivity contribution in [2.24, 2.45) is 0 Å². The normalized spacial score (nSPS) is 30.2. The molecule has 3 N–H and O–H groups in total. The summed E-state index contributed by atoms with van der Waals surface area (Å²) in [5.74, 6) is 0. The lowest BCUT2D eigenvalue weighted by molar-refractivity contribution is 0.227. The molecule has 0 amide bonds. The smallest absolute Gasteiger partial charge is 0.0446 e. The highest BCUT2D eigenvalue weighted by molar-refractivity contribution is 4.91. The fourth-order valence-electron chi connectivity index (χ4n) is 2.31. The molecule has 1 heterocycles. The van der Waals surface area contributed by atoms with Crippen LogP contribution in [0.5, 0.6) is 0 Å². The molecule has 2 atom stereocenters. The van der Waals surface area contributed by atoms with Gasteiger partial charge in [0.1, 0.15) is 0 Å². The number of nitrogens with one attached hydrogen (secondary N) is 2. The minimum atomic E-state index is 0.308. The van der Waals surface area contributed by atoms with Crippen LogP contribution in [0.3, 0.4) is 0 Å². The van der Waals surface area contributed by atoms with Crippen LogP contribution in [0.4, 0.5) is 0 Å². The molecule has 2 fully saturated rings. The topological polar surface area (TPSA) is 44.3 Å². The van der Waals surface area contributed by atoms with Crippen LogP contribution < -0.4 is 10.6 Å². The second kappa shape index (κ2) is 5.10. The van der Waals surface area contributed by atoms with Crippen molar-refractivity contribution in [2.45, 2.75) is 56.7 Å². The van der Waals surface area contributed by atoms with Crippen LogP contribution in [-0.4, -0.2) is 36.4 Å². The minimum Gasteiger partial charge on any atom is -0.396 e. The van der Waals surface area contributed by atoms with Gasteiger partial charge in [0, 0.05) is 24.7 Å². The summed E-state index contributed by atoms with van der Waals surface area (Å²) in [5.41, 5.74) is 0. The van der Waals surface area contributed by atoms with Crippen LogP contribution in [-0.2, 0) is 0 Å². The zero-order valence-electron chi connectivity index (χ0n) is 8.84. The molecule has 0 spiro atoms.